The van der Waals surface area contributed by atoms with Crippen molar-refractivity contribution in [1.29, 1.82) is 0 Å². The van der Waals surface area contributed by atoms with Crippen LogP contribution in [0.3, 0.4) is 0 Å². The lowest BCUT2D eigenvalue weighted by Crippen LogP contribution is -2.53. The number of rotatable bonds is 3. The molecule has 3 aliphatic rings. The molecule has 0 radical (unpaired) electrons. The highest BCUT2D eigenvalue weighted by Crippen LogP contribution is 2.33. The topological polar surface area (TPSA) is 36.0 Å². The molecular formula is C18H27N3O2S. The van der Waals surface area contributed by atoms with Crippen molar-refractivity contribution in [2.24, 2.45) is 0 Å². The summed E-state index contributed by atoms with van der Waals surface area (Å²) in [5, 5.41) is 4.38. The van der Waals surface area contributed by atoms with E-state index in [1.165, 1.54) is 5.56 Å². The number of piperazine rings is 1. The SMILES string of the molecule is CN1CCN(C(=O)[C@@H]2CC[C@@H]3[C@@H](CCN3Cc3ccsc3)O2)CC1. The highest BCUT2D eigenvalue weighted by molar-refractivity contribution is 7.07. The van der Waals surface area contributed by atoms with Gasteiger partial charge < -0.3 is 14.5 Å². The maximum atomic E-state index is 12.8. The highest BCUT2D eigenvalue weighted by Gasteiger charge is 2.42. The minimum atomic E-state index is -0.212. The summed E-state index contributed by atoms with van der Waals surface area (Å²) in [7, 11) is 2.12. The number of amides is 1. The molecule has 6 heteroatoms. The van der Waals surface area contributed by atoms with Crippen LogP contribution in [0.15, 0.2) is 16.8 Å². The van der Waals surface area contributed by atoms with E-state index in [1.54, 1.807) is 11.3 Å². The second kappa shape index (κ2) is 7.12. The molecule has 3 aliphatic heterocycles. The average molecular weight is 350 g/mol. The molecule has 0 unspecified atom stereocenters. The second-order valence-corrected chi connectivity index (χ2v) is 8.11. The summed E-state index contributed by atoms with van der Waals surface area (Å²) in [5.41, 5.74) is 1.40. The first-order valence-corrected chi connectivity index (χ1v) is 10.0. The number of likely N-dealkylation sites (tertiary alicyclic amines) is 1. The lowest BCUT2D eigenvalue weighted by molar-refractivity contribution is -0.156. The lowest BCUT2D eigenvalue weighted by atomic mass is 9.98. The molecule has 1 aromatic rings. The maximum absolute atomic E-state index is 12.8. The quantitative estimate of drug-likeness (QED) is 0.831. The van der Waals surface area contributed by atoms with Crippen LogP contribution in [0.1, 0.15) is 24.8 Å². The van der Waals surface area contributed by atoms with E-state index in [9.17, 15) is 4.79 Å². The standard InChI is InChI=1S/C18H27N3O2S/c1-19-7-9-20(10-8-19)18(22)17-3-2-15-16(23-17)4-6-21(15)12-14-5-11-24-13-14/h5,11,13,15-17H,2-4,6-10,12H2,1H3/t15-,16-,17+/m1/s1. The molecule has 0 bridgehead atoms. The Balaban J connectivity index is 1.33. The van der Waals surface area contributed by atoms with Crippen molar-refractivity contribution in [1.82, 2.24) is 14.7 Å². The van der Waals surface area contributed by atoms with Gasteiger partial charge in [-0.25, -0.2) is 0 Å². The monoisotopic (exact) mass is 349 g/mol. The van der Waals surface area contributed by atoms with E-state index in [2.05, 4.69) is 33.7 Å². The van der Waals surface area contributed by atoms with Crippen molar-refractivity contribution < 1.29 is 9.53 Å². The van der Waals surface area contributed by atoms with Gasteiger partial charge in [0.25, 0.3) is 5.91 Å². The van der Waals surface area contributed by atoms with Crippen LogP contribution in [0.25, 0.3) is 0 Å². The summed E-state index contributed by atoms with van der Waals surface area (Å²) in [6.45, 7) is 5.73. The third-order valence-corrected chi connectivity index (χ3v) is 6.45. The van der Waals surface area contributed by atoms with Gasteiger partial charge in [-0.1, -0.05) is 0 Å². The smallest absolute Gasteiger partial charge is 0.251 e. The molecule has 3 fully saturated rings. The van der Waals surface area contributed by atoms with Gasteiger partial charge in [0, 0.05) is 45.3 Å². The van der Waals surface area contributed by atoms with Crippen LogP contribution in [-0.2, 0) is 16.1 Å². The number of fused-ring (bicyclic) bond motifs is 1. The fourth-order valence-corrected chi connectivity index (χ4v) is 4.90. The number of carbonyl (C=O) groups is 1. The Morgan fingerprint density at radius 1 is 1.21 bits per heavy atom. The normalized spacial score (nSPS) is 32.0. The van der Waals surface area contributed by atoms with Crippen LogP contribution >= 0.6 is 11.3 Å². The summed E-state index contributed by atoms with van der Waals surface area (Å²) >= 11 is 1.76. The number of carbonyl (C=O) groups excluding carboxylic acids is 1. The second-order valence-electron chi connectivity index (χ2n) is 7.33. The van der Waals surface area contributed by atoms with E-state index < -0.39 is 0 Å². The summed E-state index contributed by atoms with van der Waals surface area (Å²) in [6, 6.07) is 2.70. The first kappa shape index (κ1) is 16.5. The number of nitrogens with zero attached hydrogens (tertiary/aromatic N) is 3. The zero-order valence-electron chi connectivity index (χ0n) is 14.4. The van der Waals surface area contributed by atoms with Gasteiger partial charge in [-0.05, 0) is 48.7 Å². The maximum Gasteiger partial charge on any atom is 0.251 e. The number of ether oxygens (including phenoxy) is 1. The van der Waals surface area contributed by atoms with Gasteiger partial charge in [-0.3, -0.25) is 9.69 Å². The Hall–Kier alpha value is -0.950. The van der Waals surface area contributed by atoms with Crippen LogP contribution < -0.4 is 0 Å². The predicted octanol–water partition coefficient (Wildman–Crippen LogP) is 1.64. The van der Waals surface area contributed by atoms with E-state index in [0.29, 0.717) is 6.04 Å². The zero-order chi connectivity index (χ0) is 16.5. The summed E-state index contributed by atoms with van der Waals surface area (Å²) in [5.74, 6) is 0.220. The molecule has 0 saturated carbocycles. The molecule has 3 atom stereocenters. The number of hydrogen-bond acceptors (Lipinski definition) is 5. The summed E-state index contributed by atoms with van der Waals surface area (Å²) in [4.78, 5) is 19.6. The van der Waals surface area contributed by atoms with Crippen molar-refractivity contribution >= 4 is 17.2 Å². The van der Waals surface area contributed by atoms with E-state index in [4.69, 9.17) is 4.74 Å². The first-order valence-electron chi connectivity index (χ1n) is 9.08. The van der Waals surface area contributed by atoms with Crippen LogP contribution in [0.4, 0.5) is 0 Å². The fraction of sp³-hybridized carbons (Fsp3) is 0.722. The van der Waals surface area contributed by atoms with Crippen molar-refractivity contribution in [3.05, 3.63) is 22.4 Å². The average Bonchev–Trinajstić information content (AvgIpc) is 3.25. The minimum absolute atomic E-state index is 0.212. The first-order chi connectivity index (χ1) is 11.7. The molecule has 1 amide bonds. The van der Waals surface area contributed by atoms with Crippen molar-refractivity contribution in [3.8, 4) is 0 Å². The largest absolute Gasteiger partial charge is 0.363 e. The molecule has 24 heavy (non-hydrogen) atoms. The van der Waals surface area contributed by atoms with Crippen molar-refractivity contribution in [2.45, 2.75) is 44.1 Å². The molecule has 0 aliphatic carbocycles. The molecule has 0 aromatic carbocycles. The molecule has 5 nitrogen and oxygen atoms in total. The van der Waals surface area contributed by atoms with Crippen molar-refractivity contribution in [3.63, 3.8) is 0 Å². The Morgan fingerprint density at radius 2 is 2.04 bits per heavy atom. The third-order valence-electron chi connectivity index (χ3n) is 5.72. The van der Waals surface area contributed by atoms with Crippen LogP contribution in [0, 0.1) is 0 Å². The van der Waals surface area contributed by atoms with Gasteiger partial charge >= 0.3 is 0 Å². The van der Waals surface area contributed by atoms with Gasteiger partial charge in [0.2, 0.25) is 0 Å². The molecule has 132 valence electrons. The molecular weight excluding hydrogens is 322 g/mol. The van der Waals surface area contributed by atoms with E-state index in [1.807, 2.05) is 4.90 Å². The fourth-order valence-electron chi connectivity index (χ4n) is 4.24. The molecule has 3 saturated heterocycles. The van der Waals surface area contributed by atoms with Gasteiger partial charge in [0.1, 0.15) is 6.10 Å². The molecule has 1 aromatic heterocycles. The lowest BCUT2D eigenvalue weighted by Gasteiger charge is -2.39. The molecule has 4 rings (SSSR count). The third kappa shape index (κ3) is 3.38. The Labute approximate surface area is 148 Å². The highest BCUT2D eigenvalue weighted by atomic mass is 32.1. The minimum Gasteiger partial charge on any atom is -0.363 e. The van der Waals surface area contributed by atoms with Gasteiger partial charge in [-0.2, -0.15) is 11.3 Å². The van der Waals surface area contributed by atoms with Gasteiger partial charge in [0.05, 0.1) is 6.10 Å². The van der Waals surface area contributed by atoms with Crippen LogP contribution in [-0.4, -0.2) is 78.6 Å². The van der Waals surface area contributed by atoms with E-state index >= 15 is 0 Å². The van der Waals surface area contributed by atoms with Crippen LogP contribution in [0.5, 0.6) is 0 Å². The molecule has 4 heterocycles. The van der Waals surface area contributed by atoms with E-state index in [-0.39, 0.29) is 18.1 Å². The summed E-state index contributed by atoms with van der Waals surface area (Å²) in [6.07, 6.45) is 3.03. The van der Waals surface area contributed by atoms with Crippen molar-refractivity contribution in [2.75, 3.05) is 39.8 Å². The predicted molar refractivity (Wildman–Crippen MR) is 95.1 cm³/mol. The molecule has 0 spiro atoms. The summed E-state index contributed by atoms with van der Waals surface area (Å²) < 4.78 is 6.26. The number of hydrogen-bond donors (Lipinski definition) is 0. The van der Waals surface area contributed by atoms with Gasteiger partial charge in [0.15, 0.2) is 0 Å². The zero-order valence-corrected chi connectivity index (χ0v) is 15.2. The molecule has 0 N–H and O–H groups in total. The van der Waals surface area contributed by atoms with Gasteiger partial charge in [-0.15, -0.1) is 0 Å². The Bertz CT molecular complexity index is 557. The number of thiophene rings is 1. The van der Waals surface area contributed by atoms with Crippen LogP contribution in [0.2, 0.25) is 0 Å². The Kier molecular flexibility index (Phi) is 4.90. The number of likely N-dealkylation sites (N-methyl/N-ethyl adjacent to an activating group) is 1. The van der Waals surface area contributed by atoms with E-state index in [0.717, 1.165) is 58.5 Å². The Morgan fingerprint density at radius 3 is 2.79 bits per heavy atom.